The Kier molecular flexibility index (Phi) is 5.70. The van der Waals surface area contributed by atoms with Crippen LogP contribution in [0.4, 0.5) is 5.69 Å². The first-order valence-electron chi connectivity index (χ1n) is 9.24. The molecule has 0 bridgehead atoms. The fourth-order valence-electron chi connectivity index (χ4n) is 3.20. The van der Waals surface area contributed by atoms with Crippen LogP contribution in [-0.4, -0.2) is 21.2 Å². The van der Waals surface area contributed by atoms with Gasteiger partial charge in [-0.1, -0.05) is 45.7 Å². The SMILES string of the molecule is Cc1ccc(Cl)cc1NC(=O)Cn1c(C(=O)c2ccc(Br)cc2)nc2ccccc21. The number of hydrogen-bond acceptors (Lipinski definition) is 3. The molecule has 0 fully saturated rings. The van der Waals surface area contributed by atoms with Crippen molar-refractivity contribution in [1.29, 1.82) is 0 Å². The van der Waals surface area contributed by atoms with E-state index < -0.39 is 0 Å². The van der Waals surface area contributed by atoms with Crippen molar-refractivity contribution in [2.75, 3.05) is 5.32 Å². The summed E-state index contributed by atoms with van der Waals surface area (Å²) in [6.45, 7) is 1.84. The maximum Gasteiger partial charge on any atom is 0.244 e. The molecule has 0 atom stereocenters. The number of imidazole rings is 1. The van der Waals surface area contributed by atoms with E-state index in [1.54, 1.807) is 41.0 Å². The highest BCUT2D eigenvalue weighted by Gasteiger charge is 2.21. The number of aromatic nitrogens is 2. The van der Waals surface area contributed by atoms with E-state index in [2.05, 4.69) is 26.2 Å². The van der Waals surface area contributed by atoms with Crippen molar-refractivity contribution in [3.63, 3.8) is 0 Å². The van der Waals surface area contributed by atoms with E-state index in [1.807, 2.05) is 37.3 Å². The molecule has 1 aromatic heterocycles. The minimum Gasteiger partial charge on any atom is -0.324 e. The van der Waals surface area contributed by atoms with Crippen molar-refractivity contribution in [2.24, 2.45) is 0 Å². The molecule has 0 spiro atoms. The van der Waals surface area contributed by atoms with Gasteiger partial charge in [-0.25, -0.2) is 4.98 Å². The van der Waals surface area contributed by atoms with Gasteiger partial charge >= 0.3 is 0 Å². The molecule has 0 saturated heterocycles. The van der Waals surface area contributed by atoms with Crippen molar-refractivity contribution in [2.45, 2.75) is 13.5 Å². The summed E-state index contributed by atoms with van der Waals surface area (Å²) in [5.74, 6) is -0.296. The largest absolute Gasteiger partial charge is 0.324 e. The number of nitrogens with one attached hydrogen (secondary N) is 1. The van der Waals surface area contributed by atoms with Crippen molar-refractivity contribution < 1.29 is 9.59 Å². The Bertz CT molecular complexity index is 1270. The molecule has 7 heteroatoms. The summed E-state index contributed by atoms with van der Waals surface area (Å²) in [6, 6.07) is 19.7. The van der Waals surface area contributed by atoms with Crippen LogP contribution in [0.5, 0.6) is 0 Å². The maximum absolute atomic E-state index is 13.1. The number of aryl methyl sites for hydroxylation is 1. The molecule has 150 valence electrons. The van der Waals surface area contributed by atoms with E-state index in [0.717, 1.165) is 15.6 Å². The standard InChI is InChI=1S/C23H17BrClN3O2/c1-14-6-11-17(25)12-19(14)26-21(29)13-28-20-5-3-2-4-18(20)27-23(28)22(30)15-7-9-16(24)10-8-15/h2-12H,13H2,1H3,(H,26,29). The van der Waals surface area contributed by atoms with E-state index in [0.29, 0.717) is 21.8 Å². The smallest absolute Gasteiger partial charge is 0.244 e. The fourth-order valence-corrected chi connectivity index (χ4v) is 3.64. The molecule has 30 heavy (non-hydrogen) atoms. The number of rotatable bonds is 5. The van der Waals surface area contributed by atoms with Gasteiger partial charge in [-0.3, -0.25) is 9.59 Å². The van der Waals surface area contributed by atoms with E-state index in [9.17, 15) is 9.59 Å². The molecule has 1 amide bonds. The Morgan fingerprint density at radius 1 is 1.07 bits per heavy atom. The number of hydrogen-bond donors (Lipinski definition) is 1. The lowest BCUT2D eigenvalue weighted by molar-refractivity contribution is -0.116. The van der Waals surface area contributed by atoms with E-state index in [-0.39, 0.29) is 24.1 Å². The lowest BCUT2D eigenvalue weighted by Gasteiger charge is -2.11. The van der Waals surface area contributed by atoms with Gasteiger partial charge in [0, 0.05) is 20.7 Å². The lowest BCUT2D eigenvalue weighted by atomic mass is 10.1. The highest BCUT2D eigenvalue weighted by atomic mass is 79.9. The number of anilines is 1. The molecule has 0 unspecified atom stereocenters. The number of para-hydroxylation sites is 2. The van der Waals surface area contributed by atoms with Crippen molar-refractivity contribution in [3.8, 4) is 0 Å². The van der Waals surface area contributed by atoms with Crippen LogP contribution >= 0.6 is 27.5 Å². The van der Waals surface area contributed by atoms with Gasteiger partial charge in [-0.2, -0.15) is 0 Å². The summed E-state index contributed by atoms with van der Waals surface area (Å²) < 4.78 is 2.53. The summed E-state index contributed by atoms with van der Waals surface area (Å²) in [7, 11) is 0. The van der Waals surface area contributed by atoms with Crippen LogP contribution in [-0.2, 0) is 11.3 Å². The normalized spacial score (nSPS) is 10.9. The molecule has 0 aliphatic heterocycles. The number of amides is 1. The van der Waals surface area contributed by atoms with Crippen LogP contribution in [0.15, 0.2) is 71.2 Å². The second-order valence-electron chi connectivity index (χ2n) is 6.85. The molecule has 4 rings (SSSR count). The molecular formula is C23H17BrClN3O2. The summed E-state index contributed by atoms with van der Waals surface area (Å²) in [4.78, 5) is 30.5. The molecule has 0 saturated carbocycles. The molecule has 0 aliphatic carbocycles. The van der Waals surface area contributed by atoms with Crippen LogP contribution in [0, 0.1) is 6.92 Å². The third-order valence-corrected chi connectivity index (χ3v) is 5.50. The Labute approximate surface area is 186 Å². The van der Waals surface area contributed by atoms with Crippen molar-refractivity contribution in [3.05, 3.63) is 93.2 Å². The average molecular weight is 483 g/mol. The zero-order chi connectivity index (χ0) is 21.3. The molecule has 5 nitrogen and oxygen atoms in total. The quantitative estimate of drug-likeness (QED) is 0.375. The monoisotopic (exact) mass is 481 g/mol. The Morgan fingerprint density at radius 3 is 2.57 bits per heavy atom. The first kappa shape index (κ1) is 20.3. The minimum atomic E-state index is -0.270. The zero-order valence-electron chi connectivity index (χ0n) is 16.0. The van der Waals surface area contributed by atoms with Gasteiger partial charge in [0.1, 0.15) is 6.54 Å². The molecule has 1 N–H and O–H groups in total. The number of fused-ring (bicyclic) bond motifs is 1. The predicted molar refractivity (Wildman–Crippen MR) is 122 cm³/mol. The number of halogens is 2. The van der Waals surface area contributed by atoms with Crippen LogP contribution in [0.25, 0.3) is 11.0 Å². The highest BCUT2D eigenvalue weighted by Crippen LogP contribution is 2.22. The number of carbonyl (C=O) groups excluding carboxylic acids is 2. The third-order valence-electron chi connectivity index (χ3n) is 4.74. The van der Waals surface area contributed by atoms with Gasteiger partial charge in [-0.05, 0) is 61.0 Å². The summed E-state index contributed by atoms with van der Waals surface area (Å²) >= 11 is 9.43. The summed E-state index contributed by atoms with van der Waals surface area (Å²) in [6.07, 6.45) is 0. The predicted octanol–water partition coefficient (Wildman–Crippen LogP) is 5.63. The van der Waals surface area contributed by atoms with E-state index in [4.69, 9.17) is 11.6 Å². The summed E-state index contributed by atoms with van der Waals surface area (Å²) in [5.41, 5.74) is 3.41. The van der Waals surface area contributed by atoms with Gasteiger partial charge in [-0.15, -0.1) is 0 Å². The summed E-state index contributed by atoms with van der Waals surface area (Å²) in [5, 5.41) is 3.42. The minimum absolute atomic E-state index is 0.0515. The van der Waals surface area contributed by atoms with E-state index in [1.165, 1.54) is 0 Å². The molecule has 4 aromatic rings. The van der Waals surface area contributed by atoms with Gasteiger partial charge in [0.2, 0.25) is 11.7 Å². The van der Waals surface area contributed by atoms with Gasteiger partial charge < -0.3 is 9.88 Å². The number of nitrogens with zero attached hydrogens (tertiary/aromatic N) is 2. The van der Waals surface area contributed by atoms with Gasteiger partial charge in [0.05, 0.1) is 11.0 Å². The first-order chi connectivity index (χ1) is 14.4. The molecule has 3 aromatic carbocycles. The second-order valence-corrected chi connectivity index (χ2v) is 8.21. The molecule has 1 heterocycles. The van der Waals surface area contributed by atoms with Gasteiger partial charge in [0.25, 0.3) is 0 Å². The molecule has 0 radical (unpaired) electrons. The molecular weight excluding hydrogens is 466 g/mol. The van der Waals surface area contributed by atoms with Crippen LogP contribution in [0.1, 0.15) is 21.7 Å². The Morgan fingerprint density at radius 2 is 1.80 bits per heavy atom. The highest BCUT2D eigenvalue weighted by molar-refractivity contribution is 9.10. The number of benzene rings is 3. The fraction of sp³-hybridized carbons (Fsp3) is 0.0870. The topological polar surface area (TPSA) is 64.0 Å². The zero-order valence-corrected chi connectivity index (χ0v) is 18.4. The average Bonchev–Trinajstić information content (AvgIpc) is 3.09. The molecule has 0 aliphatic rings. The lowest BCUT2D eigenvalue weighted by Crippen LogP contribution is -2.22. The second kappa shape index (κ2) is 8.42. The number of ketones is 1. The Balaban J connectivity index is 1.69. The first-order valence-corrected chi connectivity index (χ1v) is 10.4. The maximum atomic E-state index is 13.1. The Hall–Kier alpha value is -2.96. The van der Waals surface area contributed by atoms with Crippen LogP contribution in [0.3, 0.4) is 0 Å². The third kappa shape index (κ3) is 4.15. The van der Waals surface area contributed by atoms with Crippen LogP contribution in [0.2, 0.25) is 5.02 Å². The van der Waals surface area contributed by atoms with Gasteiger partial charge in [0.15, 0.2) is 5.82 Å². The van der Waals surface area contributed by atoms with Crippen molar-refractivity contribution in [1.82, 2.24) is 9.55 Å². The van der Waals surface area contributed by atoms with Crippen LogP contribution < -0.4 is 5.32 Å². The number of carbonyl (C=O) groups is 2. The van der Waals surface area contributed by atoms with E-state index >= 15 is 0 Å². The van der Waals surface area contributed by atoms with Crippen molar-refractivity contribution >= 4 is 55.9 Å².